The normalized spacial score (nSPS) is 13.4. The summed E-state index contributed by atoms with van der Waals surface area (Å²) in [4.78, 5) is 38.8. The molecule has 2 rings (SSSR count). The second kappa shape index (κ2) is 9.01. The number of hydrogen-bond acceptors (Lipinski definition) is 5. The number of rotatable bonds is 6. The lowest BCUT2D eigenvalue weighted by molar-refractivity contribution is -0.122. The number of thiophene rings is 1. The molecule has 0 radical (unpaired) electrons. The number of thiazole rings is 1. The van der Waals surface area contributed by atoms with E-state index in [-0.39, 0.29) is 23.8 Å². The lowest BCUT2D eigenvalue weighted by Gasteiger charge is -2.13. The molecular formula is C21H28N2O3S2. The Labute approximate surface area is 173 Å². The molecule has 2 aromatic heterocycles. The maximum absolute atomic E-state index is 13.0. The first-order valence-corrected chi connectivity index (χ1v) is 11.0. The Morgan fingerprint density at radius 2 is 1.96 bits per heavy atom. The van der Waals surface area contributed by atoms with E-state index in [1.54, 1.807) is 11.3 Å². The first-order valence-electron chi connectivity index (χ1n) is 9.27. The van der Waals surface area contributed by atoms with E-state index in [1.165, 1.54) is 22.0 Å². The smallest absolute Gasteiger partial charge is 0.269 e. The SMILES string of the molecule is Cc1ccsc1/C=c1/s/c(=C\C(=O)C(C)(C)C)n(CC(=O)NCC(C)C)c1=O. The number of ketones is 1. The third-order valence-corrected chi connectivity index (χ3v) is 6.13. The molecule has 0 aliphatic heterocycles. The number of nitrogens with one attached hydrogen (secondary N) is 1. The van der Waals surface area contributed by atoms with Crippen LogP contribution in [-0.4, -0.2) is 22.8 Å². The molecular weight excluding hydrogens is 392 g/mol. The van der Waals surface area contributed by atoms with Crippen molar-refractivity contribution in [3.8, 4) is 0 Å². The van der Waals surface area contributed by atoms with Gasteiger partial charge in [-0.2, -0.15) is 0 Å². The molecule has 0 aromatic carbocycles. The molecule has 0 unspecified atom stereocenters. The highest BCUT2D eigenvalue weighted by molar-refractivity contribution is 7.11. The number of aromatic nitrogens is 1. The van der Waals surface area contributed by atoms with E-state index in [1.807, 2.05) is 59.1 Å². The van der Waals surface area contributed by atoms with Crippen molar-refractivity contribution in [2.24, 2.45) is 11.3 Å². The molecule has 0 aliphatic rings. The second-order valence-electron chi connectivity index (χ2n) is 8.26. The minimum atomic E-state index is -0.557. The number of carbonyl (C=O) groups excluding carboxylic acids is 2. The summed E-state index contributed by atoms with van der Waals surface area (Å²) in [7, 11) is 0. The summed E-state index contributed by atoms with van der Waals surface area (Å²) < 4.78 is 2.43. The standard InChI is InChI=1S/C21H28N2O3S2/c1-13(2)11-22-18(25)12-23-19(10-17(24)21(4,5)6)28-16(20(23)26)9-15-14(3)7-8-27-15/h7-10,13H,11-12H2,1-6H3,(H,22,25)/b16-9+,19-10-. The highest BCUT2D eigenvalue weighted by Gasteiger charge is 2.20. The molecule has 5 nitrogen and oxygen atoms in total. The number of Topliss-reactive ketones (excluding diaryl/α,β-unsaturated/α-hetero) is 1. The summed E-state index contributed by atoms with van der Waals surface area (Å²) >= 11 is 2.81. The minimum Gasteiger partial charge on any atom is -0.354 e. The second-order valence-corrected chi connectivity index (χ2v) is 10.3. The summed E-state index contributed by atoms with van der Waals surface area (Å²) in [6, 6.07) is 2.00. The first-order chi connectivity index (χ1) is 13.0. The summed E-state index contributed by atoms with van der Waals surface area (Å²) in [5, 5.41) is 4.81. The zero-order valence-corrected chi connectivity index (χ0v) is 18.9. The monoisotopic (exact) mass is 420 g/mol. The topological polar surface area (TPSA) is 68.2 Å². The number of aryl methyl sites for hydroxylation is 1. The molecule has 0 saturated heterocycles. The molecule has 0 fully saturated rings. The fourth-order valence-electron chi connectivity index (χ4n) is 2.29. The Morgan fingerprint density at radius 3 is 2.50 bits per heavy atom. The van der Waals surface area contributed by atoms with Crippen molar-refractivity contribution < 1.29 is 9.59 Å². The summed E-state index contributed by atoms with van der Waals surface area (Å²) in [5.41, 5.74) is 0.291. The van der Waals surface area contributed by atoms with Crippen LogP contribution >= 0.6 is 22.7 Å². The van der Waals surface area contributed by atoms with E-state index in [9.17, 15) is 14.4 Å². The molecule has 0 saturated carbocycles. The molecule has 1 amide bonds. The van der Waals surface area contributed by atoms with Crippen molar-refractivity contribution in [3.05, 3.63) is 41.4 Å². The molecule has 152 valence electrons. The first kappa shape index (κ1) is 22.3. The van der Waals surface area contributed by atoms with Gasteiger partial charge in [0.05, 0.1) is 4.53 Å². The van der Waals surface area contributed by atoms with Crippen LogP contribution in [0.2, 0.25) is 0 Å². The molecule has 28 heavy (non-hydrogen) atoms. The van der Waals surface area contributed by atoms with Crippen LogP contribution in [0.15, 0.2) is 16.2 Å². The maximum atomic E-state index is 13.0. The molecule has 0 spiro atoms. The van der Waals surface area contributed by atoms with Crippen molar-refractivity contribution in [1.82, 2.24) is 9.88 Å². The Morgan fingerprint density at radius 1 is 1.29 bits per heavy atom. The van der Waals surface area contributed by atoms with Gasteiger partial charge in [-0.3, -0.25) is 19.0 Å². The molecule has 0 bridgehead atoms. The quantitative estimate of drug-likeness (QED) is 0.780. The van der Waals surface area contributed by atoms with E-state index in [2.05, 4.69) is 5.32 Å². The Hall–Kier alpha value is -1.99. The van der Waals surface area contributed by atoms with E-state index < -0.39 is 5.41 Å². The number of carbonyl (C=O) groups is 2. The van der Waals surface area contributed by atoms with Crippen LogP contribution < -0.4 is 20.1 Å². The van der Waals surface area contributed by atoms with Gasteiger partial charge >= 0.3 is 0 Å². The predicted octanol–water partition coefficient (Wildman–Crippen LogP) is 2.28. The van der Waals surface area contributed by atoms with Crippen LogP contribution in [0.3, 0.4) is 0 Å². The average molecular weight is 421 g/mol. The van der Waals surface area contributed by atoms with Crippen molar-refractivity contribution in [3.63, 3.8) is 0 Å². The average Bonchev–Trinajstić information content (AvgIpc) is 3.11. The number of nitrogens with zero attached hydrogens (tertiary/aromatic N) is 1. The van der Waals surface area contributed by atoms with Crippen LogP contribution in [0, 0.1) is 18.3 Å². The number of hydrogen-bond donors (Lipinski definition) is 1. The largest absolute Gasteiger partial charge is 0.354 e. The van der Waals surface area contributed by atoms with Gasteiger partial charge in [0.2, 0.25) is 5.91 Å². The predicted molar refractivity (Wildman–Crippen MR) is 117 cm³/mol. The highest BCUT2D eigenvalue weighted by atomic mass is 32.1. The van der Waals surface area contributed by atoms with Crippen molar-refractivity contribution in [2.45, 2.75) is 48.1 Å². The van der Waals surface area contributed by atoms with Crippen molar-refractivity contribution in [2.75, 3.05) is 6.54 Å². The zero-order chi connectivity index (χ0) is 21.1. The van der Waals surface area contributed by atoms with Crippen LogP contribution in [0.1, 0.15) is 45.1 Å². The Balaban J connectivity index is 2.55. The fourth-order valence-corrected chi connectivity index (χ4v) is 4.25. The third-order valence-electron chi connectivity index (χ3n) is 4.10. The van der Waals surface area contributed by atoms with Crippen LogP contribution in [-0.2, 0) is 16.1 Å². The zero-order valence-electron chi connectivity index (χ0n) is 17.3. The molecule has 0 aliphatic carbocycles. The van der Waals surface area contributed by atoms with Gasteiger partial charge in [0.25, 0.3) is 5.56 Å². The van der Waals surface area contributed by atoms with Gasteiger partial charge in [0.15, 0.2) is 5.78 Å². The van der Waals surface area contributed by atoms with Crippen molar-refractivity contribution >= 4 is 46.5 Å². The van der Waals surface area contributed by atoms with Gasteiger partial charge in [0.1, 0.15) is 11.2 Å². The highest BCUT2D eigenvalue weighted by Crippen LogP contribution is 2.16. The van der Waals surface area contributed by atoms with Gasteiger partial charge in [-0.1, -0.05) is 34.6 Å². The van der Waals surface area contributed by atoms with Crippen LogP contribution in [0.5, 0.6) is 0 Å². The Bertz CT molecular complexity index is 1030. The van der Waals surface area contributed by atoms with Gasteiger partial charge in [-0.25, -0.2) is 0 Å². The minimum absolute atomic E-state index is 0.0797. The van der Waals surface area contributed by atoms with Gasteiger partial charge in [-0.15, -0.1) is 22.7 Å². The maximum Gasteiger partial charge on any atom is 0.269 e. The molecule has 1 N–H and O–H groups in total. The molecule has 2 aromatic rings. The van der Waals surface area contributed by atoms with Gasteiger partial charge in [-0.05, 0) is 35.9 Å². The van der Waals surface area contributed by atoms with Crippen molar-refractivity contribution in [1.29, 1.82) is 0 Å². The lowest BCUT2D eigenvalue weighted by atomic mass is 9.91. The fraction of sp³-hybridized carbons (Fsp3) is 0.476. The van der Waals surface area contributed by atoms with E-state index in [4.69, 9.17) is 0 Å². The third kappa shape index (κ3) is 5.75. The molecule has 2 heterocycles. The van der Waals surface area contributed by atoms with E-state index in [0.717, 1.165) is 10.4 Å². The van der Waals surface area contributed by atoms with Gasteiger partial charge in [0, 0.05) is 22.9 Å². The molecule has 0 atom stereocenters. The van der Waals surface area contributed by atoms with E-state index in [0.29, 0.717) is 21.7 Å². The Kier molecular flexibility index (Phi) is 7.17. The van der Waals surface area contributed by atoms with E-state index >= 15 is 0 Å². The summed E-state index contributed by atoms with van der Waals surface area (Å²) in [5.74, 6) is 0.0107. The van der Waals surface area contributed by atoms with Gasteiger partial charge < -0.3 is 5.32 Å². The lowest BCUT2D eigenvalue weighted by Crippen LogP contribution is -2.39. The summed E-state index contributed by atoms with van der Waals surface area (Å²) in [6.45, 7) is 12.0. The van der Waals surface area contributed by atoms with Crippen LogP contribution in [0.25, 0.3) is 12.2 Å². The number of amides is 1. The van der Waals surface area contributed by atoms with Crippen LogP contribution in [0.4, 0.5) is 0 Å². The summed E-state index contributed by atoms with van der Waals surface area (Å²) in [6.07, 6.45) is 3.33. The molecule has 7 heteroatoms.